The third-order valence-electron chi connectivity index (χ3n) is 3.08. The van der Waals surface area contributed by atoms with E-state index < -0.39 is 0 Å². The Balaban J connectivity index is 2.10. The van der Waals surface area contributed by atoms with E-state index in [2.05, 4.69) is 24.3 Å². The highest BCUT2D eigenvalue weighted by Gasteiger charge is 2.22. The Morgan fingerprint density at radius 1 is 1.27 bits per heavy atom. The molecule has 0 saturated carbocycles. The van der Waals surface area contributed by atoms with Gasteiger partial charge in [-0.05, 0) is 30.9 Å². The highest BCUT2D eigenvalue weighted by atomic mass is 14.7. The molecule has 80 valence electrons. The Kier molecular flexibility index (Phi) is 3.07. The third kappa shape index (κ3) is 2.21. The molecule has 0 aromatic rings. The minimum absolute atomic E-state index is 0.0442. The molecular weight excluding hydrogens is 184 g/mol. The molecule has 2 aliphatic carbocycles. The number of allylic oxidation sites excluding steroid dienone is 5. The summed E-state index contributed by atoms with van der Waals surface area (Å²) in [4.78, 5) is 0. The monoisotopic (exact) mass is 202 g/mol. The molecule has 2 nitrogen and oxygen atoms in total. The topological polar surface area (TPSA) is 52.0 Å². The normalized spacial score (nSPS) is 27.1. The molecule has 2 rings (SSSR count). The van der Waals surface area contributed by atoms with Crippen molar-refractivity contribution in [2.24, 2.45) is 17.4 Å². The quantitative estimate of drug-likeness (QED) is 0.719. The molecule has 15 heavy (non-hydrogen) atoms. The maximum atomic E-state index is 6.24. The second-order valence-corrected chi connectivity index (χ2v) is 4.15. The van der Waals surface area contributed by atoms with Gasteiger partial charge in [0.1, 0.15) is 0 Å². The molecule has 0 fully saturated rings. The van der Waals surface area contributed by atoms with Crippen molar-refractivity contribution in [1.29, 1.82) is 0 Å². The molecule has 0 amide bonds. The van der Waals surface area contributed by atoms with Crippen molar-refractivity contribution < 1.29 is 0 Å². The van der Waals surface area contributed by atoms with Crippen LogP contribution in [0.5, 0.6) is 0 Å². The zero-order valence-electron chi connectivity index (χ0n) is 8.89. The number of rotatable bonds is 2. The molecule has 0 bridgehead atoms. The summed E-state index contributed by atoms with van der Waals surface area (Å²) < 4.78 is 0. The predicted molar refractivity (Wildman–Crippen MR) is 63.9 cm³/mol. The molecule has 2 unspecified atom stereocenters. The van der Waals surface area contributed by atoms with Crippen LogP contribution >= 0.6 is 0 Å². The van der Waals surface area contributed by atoms with Gasteiger partial charge < -0.3 is 11.5 Å². The largest absolute Gasteiger partial charge is 0.402 e. The van der Waals surface area contributed by atoms with Crippen molar-refractivity contribution in [2.75, 3.05) is 0 Å². The molecule has 0 aromatic carbocycles. The van der Waals surface area contributed by atoms with Crippen LogP contribution in [-0.2, 0) is 0 Å². The first kappa shape index (κ1) is 10.2. The summed E-state index contributed by atoms with van der Waals surface area (Å²) >= 11 is 0. The maximum Gasteiger partial charge on any atom is 0.0378 e. The van der Waals surface area contributed by atoms with Crippen molar-refractivity contribution in [3.8, 4) is 0 Å². The Morgan fingerprint density at radius 3 is 2.80 bits per heavy atom. The second-order valence-electron chi connectivity index (χ2n) is 4.15. The molecule has 0 heterocycles. The summed E-state index contributed by atoms with van der Waals surface area (Å²) in [6.07, 6.45) is 15.8. The van der Waals surface area contributed by atoms with Crippen LogP contribution in [0.3, 0.4) is 0 Å². The first-order chi connectivity index (χ1) is 7.29. The fourth-order valence-corrected chi connectivity index (χ4v) is 2.13. The van der Waals surface area contributed by atoms with Gasteiger partial charge in [-0.15, -0.1) is 0 Å². The first-order valence-corrected chi connectivity index (χ1v) is 5.53. The Morgan fingerprint density at radius 2 is 2.13 bits per heavy atom. The van der Waals surface area contributed by atoms with Crippen molar-refractivity contribution in [2.45, 2.75) is 25.3 Å². The molecular formula is C13H18N2. The summed E-state index contributed by atoms with van der Waals surface area (Å²) in [7, 11) is 0. The van der Waals surface area contributed by atoms with Gasteiger partial charge >= 0.3 is 0 Å². The summed E-state index contributed by atoms with van der Waals surface area (Å²) in [6.45, 7) is 0. The van der Waals surface area contributed by atoms with Gasteiger partial charge in [-0.25, -0.2) is 0 Å². The highest BCUT2D eigenvalue weighted by Crippen LogP contribution is 2.25. The minimum atomic E-state index is 0.0442. The second kappa shape index (κ2) is 4.49. The standard InChI is InChI=1S/C13H18N2/c14-12-9-5-4-8-11(12)13(15)10-6-2-1-3-7-10/h2,4-7,9,11,13H,1,3,8,14-15H2. The highest BCUT2D eigenvalue weighted by molar-refractivity contribution is 5.32. The minimum Gasteiger partial charge on any atom is -0.402 e. The average Bonchev–Trinajstić information content (AvgIpc) is 2.30. The molecule has 0 aliphatic heterocycles. The molecule has 2 atom stereocenters. The Hall–Kier alpha value is -1.28. The molecule has 2 aliphatic rings. The van der Waals surface area contributed by atoms with E-state index in [-0.39, 0.29) is 12.0 Å². The molecule has 0 radical (unpaired) electrons. The van der Waals surface area contributed by atoms with Crippen LogP contribution in [0.15, 0.2) is 47.7 Å². The van der Waals surface area contributed by atoms with E-state index in [0.29, 0.717) is 0 Å². The molecule has 0 saturated heterocycles. The van der Waals surface area contributed by atoms with Crippen LogP contribution in [0.4, 0.5) is 0 Å². The van der Waals surface area contributed by atoms with E-state index in [0.717, 1.165) is 25.0 Å². The fraction of sp³-hybridized carbons (Fsp3) is 0.385. The van der Waals surface area contributed by atoms with Gasteiger partial charge in [0.05, 0.1) is 0 Å². The van der Waals surface area contributed by atoms with Gasteiger partial charge in [-0.3, -0.25) is 0 Å². The Bertz CT molecular complexity index is 348. The number of nitrogens with two attached hydrogens (primary N) is 2. The summed E-state index contributed by atoms with van der Waals surface area (Å²) in [5.74, 6) is 0.268. The molecule has 2 heteroatoms. The maximum absolute atomic E-state index is 6.24. The van der Waals surface area contributed by atoms with Gasteiger partial charge in [0.15, 0.2) is 0 Å². The van der Waals surface area contributed by atoms with Crippen LogP contribution in [-0.4, -0.2) is 6.04 Å². The lowest BCUT2D eigenvalue weighted by Crippen LogP contribution is -2.35. The lowest BCUT2D eigenvalue weighted by Gasteiger charge is -2.27. The predicted octanol–water partition coefficient (Wildman–Crippen LogP) is 2.01. The van der Waals surface area contributed by atoms with Crippen molar-refractivity contribution in [3.05, 3.63) is 47.7 Å². The van der Waals surface area contributed by atoms with Gasteiger partial charge in [0.2, 0.25) is 0 Å². The third-order valence-corrected chi connectivity index (χ3v) is 3.08. The van der Waals surface area contributed by atoms with Gasteiger partial charge in [0, 0.05) is 17.7 Å². The zero-order valence-corrected chi connectivity index (χ0v) is 8.89. The molecule has 0 spiro atoms. The van der Waals surface area contributed by atoms with E-state index in [4.69, 9.17) is 11.5 Å². The van der Waals surface area contributed by atoms with Crippen LogP contribution in [0, 0.1) is 5.92 Å². The average molecular weight is 202 g/mol. The van der Waals surface area contributed by atoms with Gasteiger partial charge in [-0.2, -0.15) is 0 Å². The van der Waals surface area contributed by atoms with Crippen LogP contribution < -0.4 is 11.5 Å². The summed E-state index contributed by atoms with van der Waals surface area (Å²) in [5.41, 5.74) is 14.3. The van der Waals surface area contributed by atoms with E-state index in [1.807, 2.05) is 12.2 Å². The van der Waals surface area contributed by atoms with E-state index in [9.17, 15) is 0 Å². The fourth-order valence-electron chi connectivity index (χ4n) is 2.13. The lowest BCUT2D eigenvalue weighted by molar-refractivity contribution is 0.527. The van der Waals surface area contributed by atoms with Gasteiger partial charge in [0.25, 0.3) is 0 Å². The Labute approximate surface area is 91.0 Å². The van der Waals surface area contributed by atoms with E-state index >= 15 is 0 Å². The number of hydrogen-bond donors (Lipinski definition) is 2. The van der Waals surface area contributed by atoms with Crippen LogP contribution in [0.2, 0.25) is 0 Å². The molecule has 4 N–H and O–H groups in total. The summed E-state index contributed by atoms with van der Waals surface area (Å²) in [5, 5.41) is 0. The molecule has 0 aromatic heterocycles. The van der Waals surface area contributed by atoms with Crippen molar-refractivity contribution in [3.63, 3.8) is 0 Å². The van der Waals surface area contributed by atoms with Gasteiger partial charge in [-0.1, -0.05) is 30.4 Å². The zero-order chi connectivity index (χ0) is 10.7. The SMILES string of the molecule is NC1=CC=CCC1C(N)C1=CCCC=C1. The van der Waals surface area contributed by atoms with E-state index in [1.165, 1.54) is 5.57 Å². The van der Waals surface area contributed by atoms with Crippen molar-refractivity contribution in [1.82, 2.24) is 0 Å². The first-order valence-electron chi connectivity index (χ1n) is 5.53. The van der Waals surface area contributed by atoms with Crippen molar-refractivity contribution >= 4 is 0 Å². The van der Waals surface area contributed by atoms with E-state index in [1.54, 1.807) is 0 Å². The smallest absolute Gasteiger partial charge is 0.0378 e. The van der Waals surface area contributed by atoms with Crippen LogP contribution in [0.1, 0.15) is 19.3 Å². The lowest BCUT2D eigenvalue weighted by atomic mass is 9.84. The summed E-state index contributed by atoms with van der Waals surface area (Å²) in [6, 6.07) is 0.0442. The number of hydrogen-bond acceptors (Lipinski definition) is 2. The van der Waals surface area contributed by atoms with Crippen LogP contribution in [0.25, 0.3) is 0 Å².